The highest BCUT2D eigenvalue weighted by molar-refractivity contribution is 5.97. The number of fused-ring (bicyclic) bond motifs is 1. The Labute approximate surface area is 204 Å². The number of nitrogens with zero attached hydrogens (tertiary/aromatic N) is 2. The SMILES string of the molecule is C=C/C(=C\C(=C/C)C(=C)/C=c1/c(-c2cc3c(-c4ccc(F)cc4)cncc3[nH]2)n[nH]/c1=C/C)CC. The molecular weight excluding hydrogens is 435 g/mol. The predicted molar refractivity (Wildman–Crippen MR) is 144 cm³/mol. The first-order chi connectivity index (χ1) is 17.0. The number of aromatic amines is 2. The quantitative estimate of drug-likeness (QED) is 0.313. The van der Waals surface area contributed by atoms with E-state index in [4.69, 9.17) is 0 Å². The minimum Gasteiger partial charge on any atom is -0.352 e. The molecule has 3 heterocycles. The van der Waals surface area contributed by atoms with E-state index in [9.17, 15) is 4.39 Å². The van der Waals surface area contributed by atoms with Crippen molar-refractivity contribution >= 4 is 23.1 Å². The van der Waals surface area contributed by atoms with Crippen LogP contribution in [0.15, 0.2) is 90.8 Å². The van der Waals surface area contributed by atoms with Crippen LogP contribution in [0.4, 0.5) is 4.39 Å². The monoisotopic (exact) mass is 464 g/mol. The molecule has 0 aliphatic rings. The standard InChI is InChI=1S/C30H29FN4/c1-6-20(7-2)15-21(8-3)19(5)14-25-27(9-4)34-35-30(25)28-16-24-26(17-32-18-29(24)33-28)22-10-12-23(31)13-11-22/h6,8-18,33-34H,1,5,7H2,2-4H3/b20-15+,21-8+,25-14+,27-9+. The number of H-pyrrole nitrogens is 2. The molecule has 4 aromatic rings. The molecule has 1 aromatic carbocycles. The maximum absolute atomic E-state index is 13.5. The van der Waals surface area contributed by atoms with Gasteiger partial charge in [-0.15, -0.1) is 0 Å². The third-order valence-corrected chi connectivity index (χ3v) is 6.09. The van der Waals surface area contributed by atoms with Crippen LogP contribution < -0.4 is 10.6 Å². The summed E-state index contributed by atoms with van der Waals surface area (Å²) in [7, 11) is 0. The summed E-state index contributed by atoms with van der Waals surface area (Å²) in [5, 5.41) is 10.6. The minimum atomic E-state index is -0.265. The summed E-state index contributed by atoms with van der Waals surface area (Å²) in [4.78, 5) is 7.84. The van der Waals surface area contributed by atoms with E-state index in [1.165, 1.54) is 12.1 Å². The van der Waals surface area contributed by atoms with E-state index in [1.807, 2.05) is 26.0 Å². The molecule has 0 bridgehead atoms. The molecule has 0 fully saturated rings. The molecule has 0 saturated heterocycles. The van der Waals surface area contributed by atoms with Crippen molar-refractivity contribution in [1.82, 2.24) is 20.2 Å². The molecule has 0 amide bonds. The summed E-state index contributed by atoms with van der Waals surface area (Å²) in [6.45, 7) is 14.3. The fourth-order valence-corrected chi connectivity index (χ4v) is 4.10. The van der Waals surface area contributed by atoms with Crippen LogP contribution in [-0.4, -0.2) is 20.2 Å². The topological polar surface area (TPSA) is 57.4 Å². The Morgan fingerprint density at radius 2 is 1.91 bits per heavy atom. The van der Waals surface area contributed by atoms with E-state index >= 15 is 0 Å². The summed E-state index contributed by atoms with van der Waals surface area (Å²) in [5.41, 5.74) is 7.43. The molecule has 4 nitrogen and oxygen atoms in total. The highest BCUT2D eigenvalue weighted by Gasteiger charge is 2.13. The summed E-state index contributed by atoms with van der Waals surface area (Å²) in [6.07, 6.45) is 14.6. The maximum Gasteiger partial charge on any atom is 0.123 e. The van der Waals surface area contributed by atoms with E-state index < -0.39 is 0 Å². The largest absolute Gasteiger partial charge is 0.352 e. The van der Waals surface area contributed by atoms with E-state index in [1.54, 1.807) is 24.5 Å². The van der Waals surface area contributed by atoms with Gasteiger partial charge in [-0.05, 0) is 66.8 Å². The van der Waals surface area contributed by atoms with Gasteiger partial charge in [-0.2, -0.15) is 5.10 Å². The number of aromatic nitrogens is 4. The van der Waals surface area contributed by atoms with Crippen molar-refractivity contribution in [2.45, 2.75) is 27.2 Å². The molecule has 5 heteroatoms. The van der Waals surface area contributed by atoms with Crippen molar-refractivity contribution in [2.75, 3.05) is 0 Å². The number of hydrogen-bond acceptors (Lipinski definition) is 2. The molecule has 0 atom stereocenters. The molecule has 0 unspecified atom stereocenters. The van der Waals surface area contributed by atoms with Gasteiger partial charge in [-0.3, -0.25) is 10.1 Å². The number of nitrogens with one attached hydrogen (secondary N) is 2. The number of allylic oxidation sites excluding steroid dienone is 6. The van der Waals surface area contributed by atoms with Gasteiger partial charge in [0.2, 0.25) is 0 Å². The minimum absolute atomic E-state index is 0.265. The molecule has 0 radical (unpaired) electrons. The molecule has 2 N–H and O–H groups in total. The number of benzene rings is 1. The van der Waals surface area contributed by atoms with Crippen LogP contribution in [-0.2, 0) is 0 Å². The average Bonchev–Trinajstić information content (AvgIpc) is 3.49. The van der Waals surface area contributed by atoms with Gasteiger partial charge in [-0.25, -0.2) is 4.39 Å². The van der Waals surface area contributed by atoms with E-state index in [-0.39, 0.29) is 5.82 Å². The van der Waals surface area contributed by atoms with Crippen LogP contribution in [0.5, 0.6) is 0 Å². The number of rotatable bonds is 7. The Bertz CT molecular complexity index is 1580. The van der Waals surface area contributed by atoms with Gasteiger partial charge in [-0.1, -0.05) is 56.5 Å². The van der Waals surface area contributed by atoms with Gasteiger partial charge in [0.15, 0.2) is 0 Å². The predicted octanol–water partition coefficient (Wildman–Crippen LogP) is 6.36. The average molecular weight is 465 g/mol. The zero-order valence-electron chi connectivity index (χ0n) is 20.3. The fourth-order valence-electron chi connectivity index (χ4n) is 4.10. The zero-order chi connectivity index (χ0) is 24.9. The lowest BCUT2D eigenvalue weighted by Gasteiger charge is -2.04. The fraction of sp³-hybridized carbons (Fsp3) is 0.133. The van der Waals surface area contributed by atoms with Gasteiger partial charge < -0.3 is 4.98 Å². The van der Waals surface area contributed by atoms with Crippen molar-refractivity contribution in [3.05, 3.63) is 107 Å². The maximum atomic E-state index is 13.5. The smallest absolute Gasteiger partial charge is 0.123 e. The van der Waals surface area contributed by atoms with Crippen molar-refractivity contribution in [1.29, 1.82) is 0 Å². The highest BCUT2D eigenvalue weighted by Crippen LogP contribution is 2.30. The van der Waals surface area contributed by atoms with E-state index in [0.717, 1.165) is 67.1 Å². The summed E-state index contributed by atoms with van der Waals surface area (Å²) < 4.78 is 13.5. The molecule has 3 aromatic heterocycles. The number of hydrogen-bond donors (Lipinski definition) is 2. The Morgan fingerprint density at radius 1 is 1.14 bits per heavy atom. The van der Waals surface area contributed by atoms with Gasteiger partial charge in [0, 0.05) is 22.4 Å². The number of pyridine rings is 1. The van der Waals surface area contributed by atoms with Crippen molar-refractivity contribution in [2.24, 2.45) is 0 Å². The molecule has 0 saturated carbocycles. The first-order valence-corrected chi connectivity index (χ1v) is 11.6. The zero-order valence-corrected chi connectivity index (χ0v) is 20.3. The normalized spacial score (nSPS) is 13.6. The van der Waals surface area contributed by atoms with E-state index in [2.05, 4.69) is 64.5 Å². The third-order valence-electron chi connectivity index (χ3n) is 6.09. The number of halogens is 1. The van der Waals surface area contributed by atoms with Crippen LogP contribution in [0.25, 0.3) is 45.6 Å². The summed E-state index contributed by atoms with van der Waals surface area (Å²) >= 11 is 0. The lowest BCUT2D eigenvalue weighted by molar-refractivity contribution is 0.628. The molecule has 0 spiro atoms. The second kappa shape index (κ2) is 10.3. The third kappa shape index (κ3) is 4.85. The van der Waals surface area contributed by atoms with Gasteiger partial charge in [0.05, 0.1) is 22.8 Å². The van der Waals surface area contributed by atoms with Crippen molar-refractivity contribution in [3.63, 3.8) is 0 Å². The first kappa shape index (κ1) is 23.9. The summed E-state index contributed by atoms with van der Waals surface area (Å²) in [6, 6.07) is 8.51. The molecule has 4 rings (SSSR count). The second-order valence-electron chi connectivity index (χ2n) is 8.22. The lowest BCUT2D eigenvalue weighted by Crippen LogP contribution is -2.23. The highest BCUT2D eigenvalue weighted by atomic mass is 19.1. The van der Waals surface area contributed by atoms with Crippen LogP contribution >= 0.6 is 0 Å². The van der Waals surface area contributed by atoms with Crippen LogP contribution in [0, 0.1) is 5.82 Å². The van der Waals surface area contributed by atoms with Crippen molar-refractivity contribution in [3.8, 4) is 22.5 Å². The molecular formula is C30H29FN4. The summed E-state index contributed by atoms with van der Waals surface area (Å²) in [5.74, 6) is -0.265. The van der Waals surface area contributed by atoms with Gasteiger partial charge in [0.25, 0.3) is 0 Å². The van der Waals surface area contributed by atoms with Gasteiger partial charge >= 0.3 is 0 Å². The Balaban J connectivity index is 1.85. The molecule has 35 heavy (non-hydrogen) atoms. The Kier molecular flexibility index (Phi) is 7.06. The van der Waals surface area contributed by atoms with Gasteiger partial charge in [0.1, 0.15) is 11.5 Å². The van der Waals surface area contributed by atoms with Crippen LogP contribution in [0.2, 0.25) is 0 Å². The molecule has 0 aliphatic carbocycles. The lowest BCUT2D eigenvalue weighted by atomic mass is 10.0. The van der Waals surface area contributed by atoms with Crippen LogP contribution in [0.1, 0.15) is 27.2 Å². The van der Waals surface area contributed by atoms with Crippen LogP contribution in [0.3, 0.4) is 0 Å². The first-order valence-electron chi connectivity index (χ1n) is 11.6. The Hall–Kier alpha value is -4.25. The Morgan fingerprint density at radius 3 is 2.57 bits per heavy atom. The second-order valence-corrected chi connectivity index (χ2v) is 8.22. The van der Waals surface area contributed by atoms with E-state index in [0.29, 0.717) is 0 Å². The molecule has 176 valence electrons. The van der Waals surface area contributed by atoms with Crippen molar-refractivity contribution < 1.29 is 4.39 Å². The molecule has 0 aliphatic heterocycles.